The van der Waals surface area contributed by atoms with Gasteiger partial charge in [-0.2, -0.15) is 0 Å². The Balaban J connectivity index is 2.09. The number of rotatable bonds is 7. The molecule has 0 radical (unpaired) electrons. The van der Waals surface area contributed by atoms with Crippen molar-refractivity contribution in [1.82, 2.24) is 20.9 Å². The third-order valence-electron chi connectivity index (χ3n) is 5.51. The molecule has 7 heteroatoms. The predicted molar refractivity (Wildman–Crippen MR) is 121 cm³/mol. The molecule has 0 aromatic heterocycles. The largest absolute Gasteiger partial charge is 0.363 e. The molecule has 0 spiro atoms. The summed E-state index contributed by atoms with van der Waals surface area (Å²) < 4.78 is 0. The monoisotopic (exact) mass is 418 g/mol. The van der Waals surface area contributed by atoms with Crippen LogP contribution in [0, 0.1) is 12.8 Å². The topological polar surface area (TPSA) is 73.5 Å². The average molecular weight is 419 g/mol. The zero-order valence-electron chi connectivity index (χ0n) is 18.0. The van der Waals surface area contributed by atoms with Crippen molar-refractivity contribution in [3.8, 4) is 0 Å². The molecule has 0 aliphatic carbocycles. The first kappa shape index (κ1) is 23.1. The van der Waals surface area contributed by atoms with Gasteiger partial charge in [0, 0.05) is 31.2 Å². The molecule has 1 fully saturated rings. The van der Waals surface area contributed by atoms with Crippen LogP contribution in [-0.4, -0.2) is 53.5 Å². The van der Waals surface area contributed by atoms with E-state index in [-0.39, 0.29) is 23.8 Å². The summed E-state index contributed by atoms with van der Waals surface area (Å²) in [6.07, 6.45) is 2.45. The Labute approximate surface area is 179 Å². The Morgan fingerprint density at radius 2 is 1.76 bits per heavy atom. The number of nitrogens with one attached hydrogen (secondary N) is 3. The maximum atomic E-state index is 13.0. The van der Waals surface area contributed by atoms with Gasteiger partial charge in [-0.25, -0.2) is 0 Å². The normalized spacial score (nSPS) is 16.6. The highest BCUT2D eigenvalue weighted by Crippen LogP contribution is 2.22. The third kappa shape index (κ3) is 6.70. The first-order valence-electron chi connectivity index (χ1n) is 10.6. The number of carbonyl (C=O) groups excluding carboxylic acids is 2. The number of amides is 2. The molecule has 2 atom stereocenters. The summed E-state index contributed by atoms with van der Waals surface area (Å²) in [6, 6.07) is 6.93. The van der Waals surface area contributed by atoms with Crippen LogP contribution in [-0.2, 0) is 4.79 Å². The van der Waals surface area contributed by atoms with E-state index < -0.39 is 6.04 Å². The second-order valence-electron chi connectivity index (χ2n) is 7.80. The van der Waals surface area contributed by atoms with E-state index in [1.807, 2.05) is 39.8 Å². The minimum Gasteiger partial charge on any atom is -0.363 e. The lowest BCUT2D eigenvalue weighted by Gasteiger charge is -2.37. The van der Waals surface area contributed by atoms with Crippen molar-refractivity contribution in [2.75, 3.05) is 19.6 Å². The third-order valence-corrected chi connectivity index (χ3v) is 5.91. The van der Waals surface area contributed by atoms with Crippen LogP contribution in [0.15, 0.2) is 24.3 Å². The van der Waals surface area contributed by atoms with Gasteiger partial charge >= 0.3 is 0 Å². The quantitative estimate of drug-likeness (QED) is 0.594. The number of carbonyl (C=O) groups is 2. The number of piperidine rings is 1. The maximum Gasteiger partial charge on any atom is 0.251 e. The van der Waals surface area contributed by atoms with Gasteiger partial charge in [-0.1, -0.05) is 24.6 Å². The minimum absolute atomic E-state index is 0.0719. The summed E-state index contributed by atoms with van der Waals surface area (Å²) in [5.41, 5.74) is 1.67. The van der Waals surface area contributed by atoms with E-state index in [4.69, 9.17) is 12.2 Å². The second kappa shape index (κ2) is 11.1. The lowest BCUT2D eigenvalue weighted by Crippen LogP contribution is -2.55. The second-order valence-corrected chi connectivity index (χ2v) is 8.18. The molecule has 2 rings (SSSR count). The molecule has 6 nitrogen and oxygen atoms in total. The smallest absolute Gasteiger partial charge is 0.251 e. The van der Waals surface area contributed by atoms with Crippen molar-refractivity contribution < 1.29 is 9.59 Å². The fraction of sp³-hybridized carbons (Fsp3) is 0.591. The lowest BCUT2D eigenvalue weighted by atomic mass is 9.88. The zero-order valence-corrected chi connectivity index (χ0v) is 18.8. The molecule has 0 bridgehead atoms. The predicted octanol–water partition coefficient (Wildman–Crippen LogP) is 2.61. The summed E-state index contributed by atoms with van der Waals surface area (Å²) in [5.74, 6) is -0.235. The Bertz CT molecular complexity index is 699. The fourth-order valence-electron chi connectivity index (χ4n) is 3.46. The molecule has 2 unspecified atom stereocenters. The van der Waals surface area contributed by atoms with Gasteiger partial charge in [0.05, 0.1) is 0 Å². The molecule has 160 valence electrons. The van der Waals surface area contributed by atoms with Crippen molar-refractivity contribution in [1.29, 1.82) is 0 Å². The van der Waals surface area contributed by atoms with Crippen molar-refractivity contribution in [2.45, 2.75) is 59.0 Å². The minimum atomic E-state index is -0.548. The summed E-state index contributed by atoms with van der Waals surface area (Å²) in [6.45, 7) is 10.4. The van der Waals surface area contributed by atoms with E-state index in [1.54, 1.807) is 12.1 Å². The molecular weight excluding hydrogens is 384 g/mol. The van der Waals surface area contributed by atoms with Crippen LogP contribution in [0.2, 0.25) is 0 Å². The Morgan fingerprint density at radius 1 is 1.14 bits per heavy atom. The highest BCUT2D eigenvalue weighted by molar-refractivity contribution is 7.80. The van der Waals surface area contributed by atoms with Gasteiger partial charge in [0.15, 0.2) is 5.11 Å². The summed E-state index contributed by atoms with van der Waals surface area (Å²) in [5, 5.41) is 9.99. The van der Waals surface area contributed by atoms with Gasteiger partial charge in [0.1, 0.15) is 6.04 Å². The fourth-order valence-corrected chi connectivity index (χ4v) is 3.79. The van der Waals surface area contributed by atoms with Gasteiger partial charge in [0.25, 0.3) is 5.91 Å². The van der Waals surface area contributed by atoms with Gasteiger partial charge < -0.3 is 20.9 Å². The van der Waals surface area contributed by atoms with E-state index in [1.165, 1.54) is 0 Å². The number of likely N-dealkylation sites (tertiary alicyclic amines) is 1. The molecule has 0 saturated carbocycles. The molecule has 1 aromatic rings. The molecule has 3 N–H and O–H groups in total. The Hall–Kier alpha value is -2.15. The summed E-state index contributed by atoms with van der Waals surface area (Å²) in [7, 11) is 0. The molecule has 1 aliphatic rings. The molecule has 1 saturated heterocycles. The SMILES string of the molecule is CCNC(=S)N1CCC(C(NC(=O)c2ccc(C)cc2)C(=O)NC(C)CC)CC1. The molecular formula is C22H34N4O2S. The van der Waals surface area contributed by atoms with Crippen LogP contribution in [0.1, 0.15) is 56.0 Å². The van der Waals surface area contributed by atoms with Gasteiger partial charge in [-0.3, -0.25) is 9.59 Å². The number of nitrogens with zero attached hydrogens (tertiary/aromatic N) is 1. The van der Waals surface area contributed by atoms with Crippen LogP contribution in [0.5, 0.6) is 0 Å². The Morgan fingerprint density at radius 3 is 2.31 bits per heavy atom. The van der Waals surface area contributed by atoms with Crippen LogP contribution < -0.4 is 16.0 Å². The summed E-state index contributed by atoms with van der Waals surface area (Å²) >= 11 is 5.41. The number of aryl methyl sites for hydroxylation is 1. The Kier molecular flexibility index (Phi) is 8.89. The van der Waals surface area contributed by atoms with Crippen LogP contribution in [0.4, 0.5) is 0 Å². The van der Waals surface area contributed by atoms with E-state index in [2.05, 4.69) is 20.9 Å². The number of thiocarbonyl (C=S) groups is 1. The van der Waals surface area contributed by atoms with E-state index >= 15 is 0 Å². The average Bonchev–Trinajstić information content (AvgIpc) is 2.72. The first-order chi connectivity index (χ1) is 13.8. The highest BCUT2D eigenvalue weighted by Gasteiger charge is 2.33. The van der Waals surface area contributed by atoms with Gasteiger partial charge in [0.2, 0.25) is 5.91 Å². The maximum absolute atomic E-state index is 13.0. The zero-order chi connectivity index (χ0) is 21.4. The highest BCUT2D eigenvalue weighted by atomic mass is 32.1. The molecule has 2 amide bonds. The lowest BCUT2D eigenvalue weighted by molar-refractivity contribution is -0.125. The standard InChI is InChI=1S/C22H34N4O2S/c1-5-16(4)24-21(28)19(25-20(27)18-9-7-15(3)8-10-18)17-11-13-26(14-12-17)22(29)23-6-2/h7-10,16-17,19H,5-6,11-14H2,1-4H3,(H,23,29)(H,24,28)(H,25,27). The summed E-state index contributed by atoms with van der Waals surface area (Å²) in [4.78, 5) is 27.9. The van der Waals surface area contributed by atoms with Crippen molar-refractivity contribution in [3.05, 3.63) is 35.4 Å². The van der Waals surface area contributed by atoms with Crippen molar-refractivity contribution in [3.63, 3.8) is 0 Å². The molecule has 1 aliphatic heterocycles. The first-order valence-corrected chi connectivity index (χ1v) is 11.0. The number of hydrogen-bond donors (Lipinski definition) is 3. The van der Waals surface area contributed by atoms with Gasteiger partial charge in [-0.15, -0.1) is 0 Å². The van der Waals surface area contributed by atoms with Crippen molar-refractivity contribution in [2.24, 2.45) is 5.92 Å². The van der Waals surface area contributed by atoms with E-state index in [0.717, 1.165) is 49.6 Å². The van der Waals surface area contributed by atoms with Crippen molar-refractivity contribution >= 4 is 29.1 Å². The molecule has 1 heterocycles. The van der Waals surface area contributed by atoms with E-state index in [0.29, 0.717) is 5.56 Å². The van der Waals surface area contributed by atoms with Gasteiger partial charge in [-0.05, 0) is 70.3 Å². The number of benzene rings is 1. The van der Waals surface area contributed by atoms with Crippen LogP contribution in [0.3, 0.4) is 0 Å². The molecule has 1 aromatic carbocycles. The van der Waals surface area contributed by atoms with Crippen LogP contribution >= 0.6 is 12.2 Å². The number of hydrogen-bond acceptors (Lipinski definition) is 3. The molecule has 29 heavy (non-hydrogen) atoms. The van der Waals surface area contributed by atoms with E-state index in [9.17, 15) is 9.59 Å². The van der Waals surface area contributed by atoms with Crippen LogP contribution in [0.25, 0.3) is 0 Å².